The first-order valence-corrected chi connectivity index (χ1v) is 7.82. The Kier molecular flexibility index (Phi) is 3.89. The molecule has 0 aliphatic carbocycles. The Morgan fingerprint density at radius 1 is 1.41 bits per heavy atom. The van der Waals surface area contributed by atoms with Crippen LogP contribution in [0.1, 0.15) is 45.1 Å². The number of hydrogen-bond acceptors (Lipinski definition) is 3. The Morgan fingerprint density at radius 2 is 2.18 bits per heavy atom. The molecule has 1 aromatic carbocycles. The molecule has 0 radical (unpaired) electrons. The highest BCUT2D eigenvalue weighted by Gasteiger charge is 2.46. The number of piperidine rings is 1. The molecule has 4 nitrogen and oxygen atoms in total. The fourth-order valence-corrected chi connectivity index (χ4v) is 3.20. The van der Waals surface area contributed by atoms with Crippen LogP contribution < -0.4 is 0 Å². The average Bonchev–Trinajstić information content (AvgIpc) is 2.91. The third kappa shape index (κ3) is 2.60. The number of carbonyl (C=O) groups is 1. The van der Waals surface area contributed by atoms with Gasteiger partial charge in [-0.15, -0.1) is 0 Å². The molecule has 3 rings (SSSR count). The van der Waals surface area contributed by atoms with Gasteiger partial charge in [0.2, 0.25) is 5.60 Å². The molecule has 0 unspecified atom stereocenters. The van der Waals surface area contributed by atoms with Crippen molar-refractivity contribution in [3.8, 4) is 0 Å². The average molecular weight is 304 g/mol. The fourth-order valence-electron chi connectivity index (χ4n) is 3.20. The monoisotopic (exact) mass is 304 g/mol. The van der Waals surface area contributed by atoms with Crippen LogP contribution in [0.2, 0.25) is 0 Å². The summed E-state index contributed by atoms with van der Waals surface area (Å²) < 4.78 is 13.9. The minimum Gasteiger partial charge on any atom is -0.379 e. The maximum atomic E-state index is 13.9. The lowest BCUT2D eigenvalue weighted by atomic mass is 9.92. The molecule has 1 saturated heterocycles. The van der Waals surface area contributed by atoms with E-state index >= 15 is 0 Å². The van der Waals surface area contributed by atoms with Crippen molar-refractivity contribution in [1.82, 2.24) is 4.90 Å². The summed E-state index contributed by atoms with van der Waals surface area (Å²) in [6.45, 7) is 4.57. The molecule has 0 saturated carbocycles. The quantitative estimate of drug-likeness (QED) is 0.842. The first-order valence-electron chi connectivity index (χ1n) is 7.82. The second kappa shape index (κ2) is 5.71. The zero-order valence-corrected chi connectivity index (χ0v) is 13.0. The number of carbonyl (C=O) groups excluding carboxylic acids is 1. The van der Waals surface area contributed by atoms with Crippen molar-refractivity contribution in [2.24, 2.45) is 5.16 Å². The molecule has 22 heavy (non-hydrogen) atoms. The Balaban J connectivity index is 1.77. The van der Waals surface area contributed by atoms with E-state index in [1.54, 1.807) is 25.1 Å². The van der Waals surface area contributed by atoms with Crippen molar-refractivity contribution >= 4 is 11.6 Å². The largest absolute Gasteiger partial charge is 0.379 e. The molecular formula is C17H21FN2O2. The molecule has 2 heterocycles. The molecule has 2 atom stereocenters. The van der Waals surface area contributed by atoms with Crippen LogP contribution >= 0.6 is 0 Å². The van der Waals surface area contributed by atoms with Gasteiger partial charge in [0, 0.05) is 24.6 Å². The SMILES string of the molecule is C[C@@H]1CCCCN1C(=O)[C@]1(C)CC(c2ccccc2F)=NO1. The van der Waals surface area contributed by atoms with Crippen molar-refractivity contribution in [2.45, 2.75) is 51.2 Å². The predicted molar refractivity (Wildman–Crippen MR) is 82.1 cm³/mol. The van der Waals surface area contributed by atoms with Crippen molar-refractivity contribution in [3.63, 3.8) is 0 Å². The number of rotatable bonds is 2. The number of halogens is 1. The first-order chi connectivity index (χ1) is 10.5. The summed E-state index contributed by atoms with van der Waals surface area (Å²) in [4.78, 5) is 20.2. The number of benzene rings is 1. The summed E-state index contributed by atoms with van der Waals surface area (Å²) in [5, 5.41) is 3.99. The van der Waals surface area contributed by atoms with E-state index in [0.29, 0.717) is 17.7 Å². The molecular weight excluding hydrogens is 283 g/mol. The van der Waals surface area contributed by atoms with Crippen molar-refractivity contribution in [3.05, 3.63) is 35.6 Å². The molecule has 0 N–H and O–H groups in total. The van der Waals surface area contributed by atoms with E-state index in [1.165, 1.54) is 6.07 Å². The number of oxime groups is 1. The van der Waals surface area contributed by atoms with Crippen molar-refractivity contribution in [2.75, 3.05) is 6.54 Å². The summed E-state index contributed by atoms with van der Waals surface area (Å²) in [6.07, 6.45) is 3.49. The maximum Gasteiger partial charge on any atom is 0.269 e. The van der Waals surface area contributed by atoms with Crippen LogP contribution in [0.4, 0.5) is 4.39 Å². The van der Waals surface area contributed by atoms with E-state index in [-0.39, 0.29) is 17.8 Å². The second-order valence-electron chi connectivity index (χ2n) is 6.36. The van der Waals surface area contributed by atoms with Crippen LogP contribution in [0, 0.1) is 5.82 Å². The number of likely N-dealkylation sites (tertiary alicyclic amines) is 1. The highest BCUT2D eigenvalue weighted by Crippen LogP contribution is 2.31. The van der Waals surface area contributed by atoms with Crippen LogP contribution in [0.25, 0.3) is 0 Å². The smallest absolute Gasteiger partial charge is 0.269 e. The minimum absolute atomic E-state index is 0.0465. The van der Waals surface area contributed by atoms with Gasteiger partial charge < -0.3 is 9.74 Å². The van der Waals surface area contributed by atoms with Crippen LogP contribution in [0.5, 0.6) is 0 Å². The van der Waals surface area contributed by atoms with Gasteiger partial charge in [-0.3, -0.25) is 4.79 Å². The van der Waals surface area contributed by atoms with Gasteiger partial charge in [-0.25, -0.2) is 4.39 Å². The Morgan fingerprint density at radius 3 is 2.91 bits per heavy atom. The lowest BCUT2D eigenvalue weighted by Crippen LogP contribution is -2.52. The molecule has 0 aromatic heterocycles. The fraction of sp³-hybridized carbons (Fsp3) is 0.529. The molecule has 1 fully saturated rings. The van der Waals surface area contributed by atoms with Gasteiger partial charge >= 0.3 is 0 Å². The van der Waals surface area contributed by atoms with E-state index in [2.05, 4.69) is 12.1 Å². The number of hydrogen-bond donors (Lipinski definition) is 0. The normalized spacial score (nSPS) is 28.2. The molecule has 2 aliphatic rings. The minimum atomic E-state index is -1.02. The first kappa shape index (κ1) is 15.0. The van der Waals surface area contributed by atoms with Crippen LogP contribution in [-0.2, 0) is 9.63 Å². The Labute approximate surface area is 129 Å². The van der Waals surface area contributed by atoms with Crippen LogP contribution in [0.3, 0.4) is 0 Å². The summed E-state index contributed by atoms with van der Waals surface area (Å²) in [6, 6.07) is 6.67. The van der Waals surface area contributed by atoms with Gasteiger partial charge in [-0.05, 0) is 39.2 Å². The molecule has 5 heteroatoms. The summed E-state index contributed by atoms with van der Waals surface area (Å²) in [5.41, 5.74) is -0.118. The van der Waals surface area contributed by atoms with Gasteiger partial charge in [0.25, 0.3) is 5.91 Å². The number of nitrogens with zero attached hydrogens (tertiary/aromatic N) is 2. The van der Waals surface area contributed by atoms with Crippen molar-refractivity contribution < 1.29 is 14.0 Å². The summed E-state index contributed by atoms with van der Waals surface area (Å²) in [5.74, 6) is -0.386. The van der Waals surface area contributed by atoms with Crippen LogP contribution in [-0.4, -0.2) is 34.7 Å². The standard InChI is InChI=1S/C17H21FN2O2/c1-12-7-5-6-10-20(12)16(21)17(2)11-15(19-22-17)13-8-3-4-9-14(13)18/h3-4,8-9,12H,5-7,10-11H2,1-2H3/t12-,17+/m1/s1. The lowest BCUT2D eigenvalue weighted by Gasteiger charge is -2.37. The molecule has 2 aliphatic heterocycles. The van der Waals surface area contributed by atoms with Crippen molar-refractivity contribution in [1.29, 1.82) is 0 Å². The third-order valence-electron chi connectivity index (χ3n) is 4.56. The van der Waals surface area contributed by atoms with Gasteiger partial charge in [-0.1, -0.05) is 23.4 Å². The molecule has 0 bridgehead atoms. The second-order valence-corrected chi connectivity index (χ2v) is 6.36. The molecule has 118 valence electrons. The number of amides is 1. The highest BCUT2D eigenvalue weighted by atomic mass is 19.1. The Bertz CT molecular complexity index is 616. The van der Waals surface area contributed by atoms with Gasteiger partial charge in [0.05, 0.1) is 5.71 Å². The zero-order valence-electron chi connectivity index (χ0n) is 13.0. The van der Waals surface area contributed by atoms with E-state index in [4.69, 9.17) is 4.84 Å². The zero-order chi connectivity index (χ0) is 15.7. The lowest BCUT2D eigenvalue weighted by molar-refractivity contribution is -0.156. The topological polar surface area (TPSA) is 41.9 Å². The van der Waals surface area contributed by atoms with E-state index in [1.807, 2.05) is 4.90 Å². The highest BCUT2D eigenvalue weighted by molar-refractivity contribution is 6.05. The molecule has 1 amide bonds. The Hall–Kier alpha value is -1.91. The van der Waals surface area contributed by atoms with E-state index < -0.39 is 5.60 Å². The maximum absolute atomic E-state index is 13.9. The van der Waals surface area contributed by atoms with Gasteiger partial charge in [0.1, 0.15) is 5.82 Å². The van der Waals surface area contributed by atoms with E-state index in [9.17, 15) is 9.18 Å². The molecule has 1 aromatic rings. The molecule has 0 spiro atoms. The summed E-state index contributed by atoms with van der Waals surface area (Å²) in [7, 11) is 0. The van der Waals surface area contributed by atoms with E-state index in [0.717, 1.165) is 25.8 Å². The third-order valence-corrected chi connectivity index (χ3v) is 4.56. The van der Waals surface area contributed by atoms with Gasteiger partial charge in [-0.2, -0.15) is 0 Å². The predicted octanol–water partition coefficient (Wildman–Crippen LogP) is 3.11. The van der Waals surface area contributed by atoms with Crippen LogP contribution in [0.15, 0.2) is 29.4 Å². The summed E-state index contributed by atoms with van der Waals surface area (Å²) >= 11 is 0. The van der Waals surface area contributed by atoms with Gasteiger partial charge in [0.15, 0.2) is 0 Å².